The maximum atomic E-state index is 13.5. The largest absolute Gasteiger partial charge is 0.337 e. The molecule has 9 heteroatoms. The van der Waals surface area contributed by atoms with Crippen molar-refractivity contribution in [3.05, 3.63) is 81.0 Å². The molecule has 7 nitrogen and oxygen atoms in total. The molecule has 32 heavy (non-hydrogen) atoms. The van der Waals surface area contributed by atoms with E-state index in [-0.39, 0.29) is 18.1 Å². The molecule has 0 bridgehead atoms. The van der Waals surface area contributed by atoms with Crippen LogP contribution in [0.5, 0.6) is 0 Å². The lowest BCUT2D eigenvalue weighted by Gasteiger charge is -2.18. The molecule has 0 N–H and O–H groups in total. The average Bonchev–Trinajstić information content (AvgIpc) is 3.27. The van der Waals surface area contributed by atoms with Crippen molar-refractivity contribution in [3.8, 4) is 5.69 Å². The number of aryl methyl sites for hydroxylation is 1. The number of fused-ring (bicyclic) bond motifs is 1. The van der Waals surface area contributed by atoms with Crippen LogP contribution < -0.4 is 16.1 Å². The van der Waals surface area contributed by atoms with E-state index < -0.39 is 11.2 Å². The molecule has 0 saturated carbocycles. The molecule has 0 unspecified atom stereocenters. The molecule has 0 radical (unpaired) electrons. The van der Waals surface area contributed by atoms with E-state index in [9.17, 15) is 14.4 Å². The highest BCUT2D eigenvalue weighted by molar-refractivity contribution is 8.00. The van der Waals surface area contributed by atoms with Crippen LogP contribution in [-0.2, 0) is 17.8 Å². The number of thiazole rings is 1. The summed E-state index contributed by atoms with van der Waals surface area (Å²) < 4.78 is 3.43. The molecular weight excluding hydrogens is 444 g/mol. The van der Waals surface area contributed by atoms with Crippen LogP contribution in [0.3, 0.4) is 0 Å². The van der Waals surface area contributed by atoms with E-state index in [4.69, 9.17) is 0 Å². The second-order valence-corrected chi connectivity index (χ2v) is 9.21. The van der Waals surface area contributed by atoms with Gasteiger partial charge in [0.1, 0.15) is 11.2 Å². The molecule has 2 aromatic carbocycles. The minimum Gasteiger partial charge on any atom is -0.314 e. The molecule has 0 aliphatic carbocycles. The number of aromatic nitrogens is 3. The maximum absolute atomic E-state index is 13.5. The Labute approximate surface area is 193 Å². The zero-order valence-electron chi connectivity index (χ0n) is 17.9. The smallest absolute Gasteiger partial charge is 0.314 e. The summed E-state index contributed by atoms with van der Waals surface area (Å²) in [6.45, 7) is 1.81. The van der Waals surface area contributed by atoms with E-state index in [0.717, 1.165) is 16.6 Å². The van der Waals surface area contributed by atoms with Gasteiger partial charge in [-0.2, -0.15) is 0 Å². The first kappa shape index (κ1) is 22.0. The zero-order valence-corrected chi connectivity index (χ0v) is 19.6. The van der Waals surface area contributed by atoms with Crippen LogP contribution in [0.1, 0.15) is 12.5 Å². The predicted octanol–water partition coefficient (Wildman–Crippen LogP) is 3.56. The van der Waals surface area contributed by atoms with Crippen molar-refractivity contribution in [3.63, 3.8) is 0 Å². The van der Waals surface area contributed by atoms with E-state index in [0.29, 0.717) is 20.4 Å². The van der Waals surface area contributed by atoms with Crippen LogP contribution in [0.4, 0.5) is 5.69 Å². The fraction of sp³-hybridized carbons (Fsp3) is 0.217. The highest BCUT2D eigenvalue weighted by Crippen LogP contribution is 2.25. The summed E-state index contributed by atoms with van der Waals surface area (Å²) in [5, 5.41) is 0. The third-order valence-corrected chi connectivity index (χ3v) is 7.27. The lowest BCUT2D eigenvalue weighted by Crippen LogP contribution is -2.42. The predicted molar refractivity (Wildman–Crippen MR) is 130 cm³/mol. The zero-order chi connectivity index (χ0) is 22.8. The number of amides is 1. The van der Waals surface area contributed by atoms with Crippen LogP contribution in [0, 0.1) is 0 Å². The number of benzene rings is 2. The van der Waals surface area contributed by atoms with Crippen molar-refractivity contribution in [1.82, 2.24) is 14.1 Å². The Bertz CT molecular complexity index is 1390. The molecule has 2 heterocycles. The summed E-state index contributed by atoms with van der Waals surface area (Å²) in [5.74, 6) is -0.287. The lowest BCUT2D eigenvalue weighted by molar-refractivity contribution is -0.118. The van der Waals surface area contributed by atoms with E-state index in [1.807, 2.05) is 55.6 Å². The van der Waals surface area contributed by atoms with Crippen LogP contribution >= 0.6 is 23.1 Å². The number of hydrogen-bond donors (Lipinski definition) is 0. The van der Waals surface area contributed by atoms with Gasteiger partial charge < -0.3 is 4.90 Å². The van der Waals surface area contributed by atoms with Gasteiger partial charge in [-0.15, -0.1) is 11.3 Å². The Kier molecular flexibility index (Phi) is 6.29. The Hall–Kier alpha value is -3.17. The molecular formula is C23H22N4O3S2. The fourth-order valence-electron chi connectivity index (χ4n) is 3.39. The molecule has 0 saturated heterocycles. The van der Waals surface area contributed by atoms with Crippen molar-refractivity contribution < 1.29 is 4.79 Å². The summed E-state index contributed by atoms with van der Waals surface area (Å²) >= 11 is 2.62. The summed E-state index contributed by atoms with van der Waals surface area (Å²) in [4.78, 5) is 45.7. The maximum Gasteiger partial charge on any atom is 0.337 e. The molecule has 164 valence electrons. The van der Waals surface area contributed by atoms with Gasteiger partial charge in [-0.25, -0.2) is 14.3 Å². The first-order valence-corrected chi connectivity index (χ1v) is 12.1. The molecule has 0 aliphatic rings. The normalized spacial score (nSPS) is 11.1. The number of likely N-dealkylation sites (N-methyl/N-ethyl adjacent to an activating group) is 1. The average molecular weight is 467 g/mol. The Morgan fingerprint density at radius 3 is 2.41 bits per heavy atom. The second-order valence-electron chi connectivity index (χ2n) is 7.15. The first-order chi connectivity index (χ1) is 15.4. The topological polar surface area (TPSA) is 77.2 Å². The molecule has 1 amide bonds. The number of hydrogen-bond acceptors (Lipinski definition) is 6. The molecule has 4 aromatic rings. The lowest BCUT2D eigenvalue weighted by atomic mass is 10.1. The number of nitrogens with zero attached hydrogens (tertiary/aromatic N) is 4. The van der Waals surface area contributed by atoms with Gasteiger partial charge in [0.15, 0.2) is 9.99 Å². The highest BCUT2D eigenvalue weighted by Gasteiger charge is 2.22. The number of carbonyl (C=O) groups excluding carboxylic acids is 1. The molecule has 0 fully saturated rings. The first-order valence-electron chi connectivity index (χ1n) is 10.1. The van der Waals surface area contributed by atoms with E-state index in [1.165, 1.54) is 32.6 Å². The van der Waals surface area contributed by atoms with Crippen LogP contribution in [0.2, 0.25) is 0 Å². The third-order valence-electron chi connectivity index (χ3n) is 5.25. The van der Waals surface area contributed by atoms with Crippen molar-refractivity contribution in [2.24, 2.45) is 0 Å². The van der Waals surface area contributed by atoms with Gasteiger partial charge in [-0.1, -0.05) is 49.0 Å². The SMILES string of the molecule is CCc1ccc(-n2c(=O)c3sc(SC)nc3n(CC(=O)N(C)c3ccccc3)c2=O)cc1. The summed E-state index contributed by atoms with van der Waals surface area (Å²) in [6, 6.07) is 16.5. The van der Waals surface area contributed by atoms with E-state index >= 15 is 0 Å². The summed E-state index contributed by atoms with van der Waals surface area (Å²) in [6.07, 6.45) is 2.71. The fourth-order valence-corrected chi connectivity index (χ4v) is 4.88. The minimum atomic E-state index is -0.584. The quantitative estimate of drug-likeness (QED) is 0.406. The van der Waals surface area contributed by atoms with Crippen molar-refractivity contribution in [1.29, 1.82) is 0 Å². The van der Waals surface area contributed by atoms with Crippen molar-refractivity contribution in [2.75, 3.05) is 18.2 Å². The second kappa shape index (κ2) is 9.13. The molecule has 4 rings (SSSR count). The number of para-hydroxylation sites is 1. The number of carbonyl (C=O) groups is 1. The van der Waals surface area contributed by atoms with Gasteiger partial charge in [-0.3, -0.25) is 14.2 Å². The van der Waals surface area contributed by atoms with Crippen molar-refractivity contribution >= 4 is 45.0 Å². The highest BCUT2D eigenvalue weighted by atomic mass is 32.2. The molecule has 0 aliphatic heterocycles. The van der Waals surface area contributed by atoms with Gasteiger partial charge in [0, 0.05) is 12.7 Å². The van der Waals surface area contributed by atoms with Gasteiger partial charge in [0.05, 0.1) is 5.69 Å². The van der Waals surface area contributed by atoms with E-state index in [1.54, 1.807) is 19.2 Å². The summed E-state index contributed by atoms with van der Waals surface area (Å²) in [5.41, 5.74) is 1.52. The van der Waals surface area contributed by atoms with Gasteiger partial charge >= 0.3 is 5.69 Å². The molecule has 0 spiro atoms. The number of rotatable bonds is 6. The monoisotopic (exact) mass is 466 g/mol. The van der Waals surface area contributed by atoms with Crippen LogP contribution in [0.25, 0.3) is 16.0 Å². The molecule has 0 atom stereocenters. The number of thioether (sulfide) groups is 1. The van der Waals surface area contributed by atoms with Crippen LogP contribution in [0.15, 0.2) is 68.5 Å². The van der Waals surface area contributed by atoms with Crippen molar-refractivity contribution in [2.45, 2.75) is 24.2 Å². The molecule has 2 aromatic heterocycles. The third kappa shape index (κ3) is 4.01. The number of anilines is 1. The van der Waals surface area contributed by atoms with Gasteiger partial charge in [-0.05, 0) is 42.5 Å². The van der Waals surface area contributed by atoms with Crippen LogP contribution in [-0.4, -0.2) is 33.3 Å². The van der Waals surface area contributed by atoms with Gasteiger partial charge in [0.2, 0.25) is 5.91 Å². The minimum absolute atomic E-state index is 0.231. The Morgan fingerprint density at radius 1 is 1.09 bits per heavy atom. The Balaban J connectivity index is 1.87. The van der Waals surface area contributed by atoms with Gasteiger partial charge in [0.25, 0.3) is 5.56 Å². The Morgan fingerprint density at radius 2 is 1.78 bits per heavy atom. The van der Waals surface area contributed by atoms with E-state index in [2.05, 4.69) is 4.98 Å². The summed E-state index contributed by atoms with van der Waals surface area (Å²) in [7, 11) is 1.66. The standard InChI is InChI=1S/C23H22N4O3S2/c1-4-15-10-12-17(13-11-15)27-21(29)19-20(24-22(31-3)32-19)26(23(27)30)14-18(28)25(2)16-8-6-5-7-9-16/h5-13H,4,14H2,1-3H3.